The largest absolute Gasteiger partial charge is 0.345 e. The lowest BCUT2D eigenvalue weighted by Crippen LogP contribution is -2.50. The molecule has 1 atom stereocenters. The highest BCUT2D eigenvalue weighted by molar-refractivity contribution is 6.00. The van der Waals surface area contributed by atoms with E-state index in [1.54, 1.807) is 0 Å². The number of hydrogen-bond acceptors (Lipinski definition) is 1. The molecule has 1 N–H and O–H groups in total. The van der Waals surface area contributed by atoms with Crippen LogP contribution in [0.3, 0.4) is 0 Å². The number of rotatable bonds is 1. The second-order valence-corrected chi connectivity index (χ2v) is 1.96. The molecular formula is C6H9NO. The summed E-state index contributed by atoms with van der Waals surface area (Å²) >= 11 is 0. The smallest absolute Gasteiger partial charge is 0.249 e. The fraction of sp³-hybridized carbons (Fsp3) is 0.500. The minimum absolute atomic E-state index is 0.0110. The summed E-state index contributed by atoms with van der Waals surface area (Å²) in [7, 11) is 0. The van der Waals surface area contributed by atoms with Crippen molar-refractivity contribution >= 4 is 5.91 Å². The number of carbonyl (C=O) groups is 1. The van der Waals surface area contributed by atoms with Crippen LogP contribution >= 0.6 is 0 Å². The number of amides is 1. The van der Waals surface area contributed by atoms with E-state index < -0.39 is 0 Å². The molecule has 1 aliphatic heterocycles. The second-order valence-electron chi connectivity index (χ2n) is 1.96. The standard InChI is InChI=1S/C6H9NO/c1-3-5-4(2)6(8)7-5/h5H,2-3H2,1H3,(H,7,8)/t5-/m1/s1. The van der Waals surface area contributed by atoms with Gasteiger partial charge in [0.1, 0.15) is 0 Å². The Hall–Kier alpha value is -0.790. The van der Waals surface area contributed by atoms with Gasteiger partial charge in [0.15, 0.2) is 0 Å². The third-order valence-electron chi connectivity index (χ3n) is 1.43. The van der Waals surface area contributed by atoms with Crippen molar-refractivity contribution in [2.24, 2.45) is 0 Å². The first-order valence-electron chi connectivity index (χ1n) is 2.75. The van der Waals surface area contributed by atoms with Crippen molar-refractivity contribution in [3.63, 3.8) is 0 Å². The van der Waals surface area contributed by atoms with Gasteiger partial charge < -0.3 is 5.32 Å². The van der Waals surface area contributed by atoms with Gasteiger partial charge in [0, 0.05) is 5.57 Å². The second kappa shape index (κ2) is 1.62. The van der Waals surface area contributed by atoms with E-state index in [1.807, 2.05) is 6.92 Å². The van der Waals surface area contributed by atoms with E-state index in [4.69, 9.17) is 0 Å². The highest BCUT2D eigenvalue weighted by Gasteiger charge is 2.28. The van der Waals surface area contributed by atoms with E-state index in [1.165, 1.54) is 0 Å². The Labute approximate surface area is 48.6 Å². The third kappa shape index (κ3) is 0.529. The Bertz CT molecular complexity index is 139. The summed E-state index contributed by atoms with van der Waals surface area (Å²) in [5.74, 6) is 0.0110. The SMILES string of the molecule is C=C1C(=O)N[C@@H]1CC. The van der Waals surface area contributed by atoms with Crippen LogP contribution in [0.15, 0.2) is 12.2 Å². The molecule has 1 fully saturated rings. The Morgan fingerprint density at radius 1 is 1.88 bits per heavy atom. The summed E-state index contributed by atoms with van der Waals surface area (Å²) in [6.07, 6.45) is 0.963. The van der Waals surface area contributed by atoms with Crippen molar-refractivity contribution in [2.45, 2.75) is 19.4 Å². The molecule has 0 bridgehead atoms. The highest BCUT2D eigenvalue weighted by atomic mass is 16.2. The van der Waals surface area contributed by atoms with E-state index in [-0.39, 0.29) is 11.9 Å². The summed E-state index contributed by atoms with van der Waals surface area (Å²) in [6.45, 7) is 5.60. The molecule has 0 aliphatic carbocycles. The Morgan fingerprint density at radius 2 is 2.50 bits per heavy atom. The van der Waals surface area contributed by atoms with Crippen molar-refractivity contribution in [2.75, 3.05) is 0 Å². The maximum Gasteiger partial charge on any atom is 0.249 e. The van der Waals surface area contributed by atoms with E-state index in [0.717, 1.165) is 12.0 Å². The average molecular weight is 111 g/mol. The van der Waals surface area contributed by atoms with E-state index in [2.05, 4.69) is 11.9 Å². The van der Waals surface area contributed by atoms with Crippen LogP contribution in [0.1, 0.15) is 13.3 Å². The summed E-state index contributed by atoms with van der Waals surface area (Å²) in [6, 6.07) is 0.266. The Kier molecular flexibility index (Phi) is 1.08. The molecule has 0 unspecified atom stereocenters. The number of β-lactam (4-membered cyclic amide) rings is 1. The molecule has 2 heteroatoms. The van der Waals surface area contributed by atoms with Gasteiger partial charge in [0.25, 0.3) is 0 Å². The summed E-state index contributed by atoms with van der Waals surface area (Å²) in [5, 5.41) is 2.70. The zero-order valence-corrected chi connectivity index (χ0v) is 4.90. The quantitative estimate of drug-likeness (QED) is 0.386. The molecule has 0 radical (unpaired) electrons. The summed E-state index contributed by atoms with van der Waals surface area (Å²) < 4.78 is 0. The highest BCUT2D eigenvalue weighted by Crippen LogP contribution is 2.12. The third-order valence-corrected chi connectivity index (χ3v) is 1.43. The molecular weight excluding hydrogens is 102 g/mol. The summed E-state index contributed by atoms with van der Waals surface area (Å²) in [4.78, 5) is 10.4. The zero-order chi connectivity index (χ0) is 6.15. The van der Waals surface area contributed by atoms with Crippen molar-refractivity contribution in [3.05, 3.63) is 12.2 Å². The Balaban J connectivity index is 2.48. The number of carbonyl (C=O) groups excluding carboxylic acids is 1. The molecule has 0 spiro atoms. The maximum absolute atomic E-state index is 10.4. The molecule has 1 heterocycles. The van der Waals surface area contributed by atoms with Gasteiger partial charge in [-0.2, -0.15) is 0 Å². The molecule has 1 rings (SSSR count). The molecule has 1 amide bonds. The molecule has 1 aliphatic rings. The molecule has 2 nitrogen and oxygen atoms in total. The predicted molar refractivity (Wildman–Crippen MR) is 31.4 cm³/mol. The van der Waals surface area contributed by atoms with Crippen LogP contribution in [0.25, 0.3) is 0 Å². The first-order valence-corrected chi connectivity index (χ1v) is 2.75. The maximum atomic E-state index is 10.4. The van der Waals surface area contributed by atoms with Crippen molar-refractivity contribution in [3.8, 4) is 0 Å². The lowest BCUT2D eigenvalue weighted by atomic mass is 9.98. The molecule has 0 aromatic heterocycles. The molecule has 8 heavy (non-hydrogen) atoms. The van der Waals surface area contributed by atoms with E-state index >= 15 is 0 Å². The number of nitrogens with one attached hydrogen (secondary N) is 1. The zero-order valence-electron chi connectivity index (χ0n) is 4.90. The Morgan fingerprint density at radius 3 is 2.62 bits per heavy atom. The van der Waals surface area contributed by atoms with E-state index in [9.17, 15) is 4.79 Å². The van der Waals surface area contributed by atoms with E-state index in [0.29, 0.717) is 0 Å². The van der Waals surface area contributed by atoms with Crippen LogP contribution in [-0.2, 0) is 4.79 Å². The van der Waals surface area contributed by atoms with Gasteiger partial charge in [-0.05, 0) is 6.42 Å². The molecule has 0 aromatic carbocycles. The molecule has 0 aromatic rings. The van der Waals surface area contributed by atoms with Crippen LogP contribution in [0.2, 0.25) is 0 Å². The van der Waals surface area contributed by atoms with Crippen LogP contribution in [0, 0.1) is 0 Å². The average Bonchev–Trinajstić information content (AvgIpc) is 1.81. The first-order chi connectivity index (χ1) is 3.75. The van der Waals surface area contributed by atoms with Gasteiger partial charge in [-0.3, -0.25) is 4.79 Å². The topological polar surface area (TPSA) is 29.1 Å². The van der Waals surface area contributed by atoms with Crippen LogP contribution in [-0.4, -0.2) is 11.9 Å². The van der Waals surface area contributed by atoms with Gasteiger partial charge in [-0.1, -0.05) is 13.5 Å². The van der Waals surface area contributed by atoms with Crippen LogP contribution in [0.5, 0.6) is 0 Å². The monoisotopic (exact) mass is 111 g/mol. The van der Waals surface area contributed by atoms with Gasteiger partial charge >= 0.3 is 0 Å². The number of hydrogen-bond donors (Lipinski definition) is 1. The molecule has 1 saturated heterocycles. The fourth-order valence-electron chi connectivity index (χ4n) is 0.767. The fourth-order valence-corrected chi connectivity index (χ4v) is 0.767. The normalized spacial score (nSPS) is 26.9. The lowest BCUT2D eigenvalue weighted by Gasteiger charge is -2.28. The van der Waals surface area contributed by atoms with Gasteiger partial charge in [0.05, 0.1) is 6.04 Å². The van der Waals surface area contributed by atoms with Gasteiger partial charge in [-0.25, -0.2) is 0 Å². The van der Waals surface area contributed by atoms with Crippen LogP contribution < -0.4 is 5.32 Å². The predicted octanol–water partition coefficient (Wildman–Crippen LogP) is 0.451. The van der Waals surface area contributed by atoms with Crippen molar-refractivity contribution < 1.29 is 4.79 Å². The van der Waals surface area contributed by atoms with Crippen molar-refractivity contribution in [1.29, 1.82) is 0 Å². The minimum Gasteiger partial charge on any atom is -0.345 e. The van der Waals surface area contributed by atoms with Gasteiger partial charge in [0.2, 0.25) is 5.91 Å². The van der Waals surface area contributed by atoms with Crippen LogP contribution in [0.4, 0.5) is 0 Å². The van der Waals surface area contributed by atoms with Gasteiger partial charge in [-0.15, -0.1) is 0 Å². The molecule has 0 saturated carbocycles. The lowest BCUT2D eigenvalue weighted by molar-refractivity contribution is -0.122. The summed E-state index contributed by atoms with van der Waals surface area (Å²) in [5.41, 5.74) is 0.729. The first kappa shape index (κ1) is 5.35. The minimum atomic E-state index is 0.0110. The molecule has 44 valence electrons. The van der Waals surface area contributed by atoms with Crippen molar-refractivity contribution in [1.82, 2.24) is 5.32 Å².